The number of anilines is 1. The third-order valence-corrected chi connectivity index (χ3v) is 4.74. The zero-order chi connectivity index (χ0) is 22.2. The summed E-state index contributed by atoms with van der Waals surface area (Å²) < 4.78 is 47.8. The van der Waals surface area contributed by atoms with Crippen LogP contribution in [0.2, 0.25) is 0 Å². The fraction of sp³-hybridized carbons (Fsp3) is 0.250. The molecule has 0 fully saturated rings. The molecule has 162 valence electrons. The molecule has 2 N–H and O–H groups in total. The van der Waals surface area contributed by atoms with E-state index >= 15 is 0 Å². The van der Waals surface area contributed by atoms with Gasteiger partial charge in [-0.1, -0.05) is 11.2 Å². The second kappa shape index (κ2) is 7.82. The van der Waals surface area contributed by atoms with Crippen molar-refractivity contribution in [3.05, 3.63) is 54.2 Å². The lowest BCUT2D eigenvalue weighted by Crippen LogP contribution is -2.22. The third-order valence-electron chi connectivity index (χ3n) is 4.74. The highest BCUT2D eigenvalue weighted by atomic mass is 19.4. The highest BCUT2D eigenvalue weighted by molar-refractivity contribution is 5.96. The van der Waals surface area contributed by atoms with Gasteiger partial charge in [0.15, 0.2) is 0 Å². The zero-order valence-electron chi connectivity index (χ0n) is 16.7. The molecule has 0 aliphatic carbocycles. The van der Waals surface area contributed by atoms with E-state index in [0.717, 1.165) is 4.57 Å². The summed E-state index contributed by atoms with van der Waals surface area (Å²) in [5, 5.41) is 10.1. The van der Waals surface area contributed by atoms with Gasteiger partial charge in [-0.15, -0.1) is 0 Å². The quantitative estimate of drug-likeness (QED) is 0.486. The Hall–Kier alpha value is -3.76. The van der Waals surface area contributed by atoms with Gasteiger partial charge in [0, 0.05) is 37.6 Å². The molecule has 0 saturated carbocycles. The third kappa shape index (κ3) is 4.25. The van der Waals surface area contributed by atoms with Crippen LogP contribution in [0.5, 0.6) is 0 Å². The lowest BCUT2D eigenvalue weighted by molar-refractivity contribution is -0.139. The van der Waals surface area contributed by atoms with E-state index in [4.69, 9.17) is 4.52 Å². The first-order valence-electron chi connectivity index (χ1n) is 9.35. The first-order valence-corrected chi connectivity index (χ1v) is 9.35. The Balaban J connectivity index is 1.63. The van der Waals surface area contributed by atoms with Crippen molar-refractivity contribution in [2.75, 3.05) is 12.4 Å². The van der Waals surface area contributed by atoms with Crippen molar-refractivity contribution in [2.24, 2.45) is 7.05 Å². The van der Waals surface area contributed by atoms with Crippen LogP contribution in [0, 0.1) is 0 Å². The van der Waals surface area contributed by atoms with Gasteiger partial charge in [0.2, 0.25) is 11.7 Å². The lowest BCUT2D eigenvalue weighted by Gasteiger charge is -2.12. The molecule has 0 unspecified atom stereocenters. The number of hydrogen-bond donors (Lipinski definition) is 2. The minimum atomic E-state index is -4.44. The molecule has 0 saturated heterocycles. The van der Waals surface area contributed by atoms with Crippen LogP contribution in [0.25, 0.3) is 22.4 Å². The predicted octanol–water partition coefficient (Wildman–Crippen LogP) is 3.56. The minimum absolute atomic E-state index is 0.00598. The molecule has 0 atom stereocenters. The van der Waals surface area contributed by atoms with E-state index in [2.05, 4.69) is 20.8 Å². The van der Waals surface area contributed by atoms with Crippen molar-refractivity contribution in [3.8, 4) is 11.5 Å². The number of nitrogens with one attached hydrogen (secondary N) is 2. The van der Waals surface area contributed by atoms with Gasteiger partial charge in [0.25, 0.3) is 5.91 Å². The molecule has 0 aliphatic rings. The largest absolute Gasteiger partial charge is 0.406 e. The van der Waals surface area contributed by atoms with Gasteiger partial charge in [-0.25, -0.2) is 0 Å². The summed E-state index contributed by atoms with van der Waals surface area (Å²) in [6.45, 7) is -1.25. The maximum Gasteiger partial charge on any atom is 0.406 e. The van der Waals surface area contributed by atoms with E-state index in [1.807, 2.05) is 0 Å². The van der Waals surface area contributed by atoms with Gasteiger partial charge < -0.3 is 24.3 Å². The van der Waals surface area contributed by atoms with Crippen molar-refractivity contribution < 1.29 is 22.5 Å². The first-order chi connectivity index (χ1) is 14.7. The number of carbonyl (C=O) groups excluding carboxylic acids is 1. The Bertz CT molecular complexity index is 1240. The van der Waals surface area contributed by atoms with E-state index in [-0.39, 0.29) is 29.9 Å². The van der Waals surface area contributed by atoms with Crippen LogP contribution >= 0.6 is 0 Å². The Morgan fingerprint density at radius 2 is 2.06 bits per heavy atom. The van der Waals surface area contributed by atoms with Crippen LogP contribution in [0.1, 0.15) is 16.2 Å². The minimum Gasteiger partial charge on any atom is -0.388 e. The fourth-order valence-corrected chi connectivity index (χ4v) is 3.36. The van der Waals surface area contributed by atoms with Crippen molar-refractivity contribution in [2.45, 2.75) is 19.3 Å². The average molecular weight is 432 g/mol. The maximum atomic E-state index is 13.3. The Kier molecular flexibility index (Phi) is 5.17. The highest BCUT2D eigenvalue weighted by Gasteiger charge is 2.31. The molecule has 0 radical (unpaired) electrons. The second-order valence-electron chi connectivity index (χ2n) is 6.98. The number of aromatic nitrogens is 4. The number of nitrogens with zero attached hydrogens (tertiary/aromatic N) is 4. The number of halogens is 3. The number of aryl methyl sites for hydroxylation is 1. The molecule has 0 spiro atoms. The molecule has 11 heteroatoms. The first kappa shape index (κ1) is 20.5. The molecule has 0 aliphatic heterocycles. The van der Waals surface area contributed by atoms with Gasteiger partial charge >= 0.3 is 6.18 Å². The lowest BCUT2D eigenvalue weighted by atomic mass is 10.2. The highest BCUT2D eigenvalue weighted by Crippen LogP contribution is 2.33. The zero-order valence-corrected chi connectivity index (χ0v) is 16.7. The number of amides is 1. The maximum absolute atomic E-state index is 13.3. The molecule has 4 aromatic rings. The summed E-state index contributed by atoms with van der Waals surface area (Å²) in [5.41, 5.74) is 1.70. The number of alkyl halides is 3. The number of fused-ring (bicyclic) bond motifs is 1. The van der Waals surface area contributed by atoms with Crippen LogP contribution in [0.4, 0.5) is 18.9 Å². The average Bonchev–Trinajstić information content (AvgIpc) is 3.44. The van der Waals surface area contributed by atoms with Gasteiger partial charge in [-0.05, 0) is 24.3 Å². The molecule has 0 bridgehead atoms. The molecule has 31 heavy (non-hydrogen) atoms. The van der Waals surface area contributed by atoms with Crippen molar-refractivity contribution >= 4 is 22.5 Å². The molecule has 3 aromatic heterocycles. The van der Waals surface area contributed by atoms with E-state index in [0.29, 0.717) is 22.2 Å². The number of carbonyl (C=O) groups is 1. The molecular formula is C20H19F3N6O2. The smallest absolute Gasteiger partial charge is 0.388 e. The topological polar surface area (TPSA) is 89.9 Å². The molecular weight excluding hydrogens is 413 g/mol. The summed E-state index contributed by atoms with van der Waals surface area (Å²) in [6.07, 6.45) is -1.05. The summed E-state index contributed by atoms with van der Waals surface area (Å²) in [4.78, 5) is 16.3. The van der Waals surface area contributed by atoms with Crippen LogP contribution in [0.3, 0.4) is 0 Å². The summed E-state index contributed by atoms with van der Waals surface area (Å²) in [7, 11) is 3.48. The predicted molar refractivity (Wildman–Crippen MR) is 107 cm³/mol. The monoisotopic (exact) mass is 432 g/mol. The molecule has 4 rings (SSSR count). The van der Waals surface area contributed by atoms with Crippen LogP contribution < -0.4 is 10.6 Å². The summed E-state index contributed by atoms with van der Waals surface area (Å²) in [5.74, 6) is -0.242. The molecule has 1 amide bonds. The Morgan fingerprint density at radius 1 is 1.26 bits per heavy atom. The molecule has 8 nitrogen and oxygen atoms in total. The fourth-order valence-electron chi connectivity index (χ4n) is 3.36. The SMILES string of the molecule is CNc1cccc2c1cc(-c1noc(CNC(=O)c3ccn(C)c3)n1)n2CC(F)(F)F. The standard InChI is InChI=1S/C20H19F3N6O2/c1-24-14-4-3-5-15-13(14)8-16(29(15)11-20(21,22)23)18-26-17(31-27-18)9-25-19(30)12-6-7-28(2)10-12/h3-8,10,24H,9,11H2,1-2H3,(H,25,30). The normalized spacial score (nSPS) is 11.8. The van der Waals surface area contributed by atoms with Crippen molar-refractivity contribution in [3.63, 3.8) is 0 Å². The van der Waals surface area contributed by atoms with Gasteiger partial charge in [0.1, 0.15) is 6.54 Å². The summed E-state index contributed by atoms with van der Waals surface area (Å²) in [6, 6.07) is 8.29. The van der Waals surface area contributed by atoms with E-state index in [1.165, 1.54) is 0 Å². The Labute approximate surface area is 174 Å². The number of hydrogen-bond acceptors (Lipinski definition) is 5. The van der Waals surface area contributed by atoms with Crippen LogP contribution in [-0.4, -0.2) is 38.4 Å². The van der Waals surface area contributed by atoms with Crippen molar-refractivity contribution in [1.82, 2.24) is 24.6 Å². The van der Waals surface area contributed by atoms with Crippen LogP contribution in [0.15, 0.2) is 47.2 Å². The van der Waals surface area contributed by atoms with Gasteiger partial charge in [0.05, 0.1) is 23.3 Å². The van der Waals surface area contributed by atoms with E-state index in [9.17, 15) is 18.0 Å². The van der Waals surface area contributed by atoms with E-state index in [1.54, 1.807) is 61.4 Å². The van der Waals surface area contributed by atoms with Crippen LogP contribution in [-0.2, 0) is 20.1 Å². The molecule has 3 heterocycles. The number of rotatable bonds is 6. The summed E-state index contributed by atoms with van der Waals surface area (Å²) >= 11 is 0. The van der Waals surface area contributed by atoms with Gasteiger partial charge in [-0.3, -0.25) is 4.79 Å². The number of benzene rings is 1. The second-order valence-corrected chi connectivity index (χ2v) is 6.98. The van der Waals surface area contributed by atoms with Gasteiger partial charge in [-0.2, -0.15) is 18.2 Å². The van der Waals surface area contributed by atoms with E-state index < -0.39 is 12.7 Å². The van der Waals surface area contributed by atoms with Crippen molar-refractivity contribution in [1.29, 1.82) is 0 Å². The Morgan fingerprint density at radius 3 is 2.74 bits per heavy atom. The molecule has 1 aromatic carbocycles.